The highest BCUT2D eigenvalue weighted by atomic mass is 79.9. The van der Waals surface area contributed by atoms with Gasteiger partial charge in [0.2, 0.25) is 0 Å². The first-order chi connectivity index (χ1) is 9.65. The van der Waals surface area contributed by atoms with Gasteiger partial charge in [0, 0.05) is 15.6 Å². The Kier molecular flexibility index (Phi) is 3.78. The quantitative estimate of drug-likeness (QED) is 0.653. The molecule has 0 fully saturated rings. The molecule has 0 atom stereocenters. The summed E-state index contributed by atoms with van der Waals surface area (Å²) in [6.07, 6.45) is 0. The van der Waals surface area contributed by atoms with Gasteiger partial charge in [-0.05, 0) is 28.1 Å². The minimum absolute atomic E-state index is 0.649. The molecule has 2 N–H and O–H groups in total. The smallest absolute Gasteiger partial charge is 0.126 e. The van der Waals surface area contributed by atoms with Crippen LogP contribution in [0.3, 0.4) is 0 Å². The maximum Gasteiger partial charge on any atom is 0.126 e. The number of hydrogen-bond acceptors (Lipinski definition) is 3. The molecular formula is C15H10BrClN2S. The van der Waals surface area contributed by atoms with E-state index >= 15 is 0 Å². The Hall–Kier alpha value is -1.36. The van der Waals surface area contributed by atoms with Gasteiger partial charge in [-0.1, -0.05) is 59.3 Å². The fourth-order valence-corrected chi connectivity index (χ4v) is 3.17. The van der Waals surface area contributed by atoms with E-state index < -0.39 is 0 Å². The summed E-state index contributed by atoms with van der Waals surface area (Å²) < 4.78 is 0.861. The normalized spacial score (nSPS) is 10.7. The van der Waals surface area contributed by atoms with Gasteiger partial charge in [-0.15, -0.1) is 0 Å². The minimum Gasteiger partial charge on any atom is -0.389 e. The van der Waals surface area contributed by atoms with Crippen molar-refractivity contribution in [3.63, 3.8) is 0 Å². The number of anilines is 1. The molecule has 3 aromatic rings. The van der Waals surface area contributed by atoms with Gasteiger partial charge in [0.15, 0.2) is 0 Å². The molecule has 0 bridgehead atoms. The fourth-order valence-electron chi connectivity index (χ4n) is 1.89. The van der Waals surface area contributed by atoms with E-state index in [0.29, 0.717) is 10.0 Å². The second-order valence-corrected chi connectivity index (χ2v) is 6.52. The summed E-state index contributed by atoms with van der Waals surface area (Å²) >= 11 is 11.0. The summed E-state index contributed by atoms with van der Waals surface area (Å²) in [4.78, 5) is 4.64. The van der Waals surface area contributed by atoms with E-state index in [9.17, 15) is 0 Å². The third-order valence-corrected chi connectivity index (χ3v) is 5.03. The summed E-state index contributed by atoms with van der Waals surface area (Å²) in [6, 6.07) is 15.7. The van der Waals surface area contributed by atoms with Crippen molar-refractivity contribution in [3.8, 4) is 21.8 Å². The lowest BCUT2D eigenvalue weighted by molar-refractivity contribution is 1.40. The zero-order chi connectivity index (χ0) is 14.1. The molecule has 0 unspecified atom stereocenters. The molecule has 5 heteroatoms. The Labute approximate surface area is 134 Å². The monoisotopic (exact) mass is 364 g/mol. The van der Waals surface area contributed by atoms with Gasteiger partial charge >= 0.3 is 0 Å². The summed E-state index contributed by atoms with van der Waals surface area (Å²) in [5.74, 6) is 0. The van der Waals surface area contributed by atoms with E-state index in [0.717, 1.165) is 26.3 Å². The van der Waals surface area contributed by atoms with Crippen molar-refractivity contribution < 1.29 is 0 Å². The maximum atomic E-state index is 6.13. The van der Waals surface area contributed by atoms with Crippen LogP contribution in [0.5, 0.6) is 0 Å². The van der Waals surface area contributed by atoms with Crippen molar-refractivity contribution in [2.45, 2.75) is 0 Å². The highest BCUT2D eigenvalue weighted by Crippen LogP contribution is 2.37. The maximum absolute atomic E-state index is 6.13. The molecule has 0 saturated carbocycles. The average molecular weight is 366 g/mol. The molecule has 0 amide bonds. The molecule has 0 aliphatic carbocycles. The van der Waals surface area contributed by atoms with Crippen LogP contribution >= 0.6 is 38.9 Å². The largest absolute Gasteiger partial charge is 0.389 e. The molecule has 3 rings (SSSR count). The third-order valence-electron chi connectivity index (χ3n) is 2.87. The number of nitrogens with zero attached hydrogens (tertiary/aromatic N) is 1. The van der Waals surface area contributed by atoms with Gasteiger partial charge < -0.3 is 5.73 Å². The standard InChI is InChI=1S/C15H10BrClN2S/c16-11-7-6-10(8-12(11)17)13-14(18)20-15(19-13)9-4-2-1-3-5-9/h1-8H,18H2. The van der Waals surface area contributed by atoms with E-state index in [1.807, 2.05) is 48.5 Å². The van der Waals surface area contributed by atoms with Crippen LogP contribution in [0.2, 0.25) is 5.02 Å². The zero-order valence-electron chi connectivity index (χ0n) is 10.3. The van der Waals surface area contributed by atoms with Crippen LogP contribution in [0.1, 0.15) is 0 Å². The Bertz CT molecular complexity index is 756. The molecule has 2 aromatic carbocycles. The van der Waals surface area contributed by atoms with Crippen molar-refractivity contribution in [1.82, 2.24) is 4.98 Å². The highest BCUT2D eigenvalue weighted by molar-refractivity contribution is 9.10. The second-order valence-electron chi connectivity index (χ2n) is 4.23. The highest BCUT2D eigenvalue weighted by Gasteiger charge is 2.12. The molecule has 100 valence electrons. The van der Waals surface area contributed by atoms with Crippen LogP contribution in [-0.4, -0.2) is 4.98 Å². The van der Waals surface area contributed by atoms with Crippen LogP contribution < -0.4 is 5.73 Å². The lowest BCUT2D eigenvalue weighted by Crippen LogP contribution is -1.86. The Balaban J connectivity index is 2.07. The lowest BCUT2D eigenvalue weighted by atomic mass is 10.1. The molecule has 1 heterocycles. The van der Waals surface area contributed by atoms with Crippen LogP contribution in [0.4, 0.5) is 5.00 Å². The first-order valence-corrected chi connectivity index (χ1v) is 7.91. The average Bonchev–Trinajstić information content (AvgIpc) is 2.85. The van der Waals surface area contributed by atoms with Gasteiger partial charge in [0.25, 0.3) is 0 Å². The number of rotatable bonds is 2. The molecule has 0 spiro atoms. The Morgan fingerprint density at radius 3 is 2.50 bits per heavy atom. The molecule has 2 nitrogen and oxygen atoms in total. The number of halogens is 2. The van der Waals surface area contributed by atoms with Crippen molar-refractivity contribution in [1.29, 1.82) is 0 Å². The van der Waals surface area contributed by atoms with Gasteiger partial charge in [-0.2, -0.15) is 0 Å². The lowest BCUT2D eigenvalue weighted by Gasteiger charge is -2.01. The summed E-state index contributed by atoms with van der Waals surface area (Å²) in [7, 11) is 0. The van der Waals surface area contributed by atoms with E-state index in [4.69, 9.17) is 17.3 Å². The van der Waals surface area contributed by atoms with Gasteiger partial charge in [-0.3, -0.25) is 0 Å². The molecule has 0 saturated heterocycles. The van der Waals surface area contributed by atoms with Gasteiger partial charge in [0.1, 0.15) is 15.7 Å². The van der Waals surface area contributed by atoms with Crippen LogP contribution in [0, 0.1) is 0 Å². The molecule has 20 heavy (non-hydrogen) atoms. The van der Waals surface area contributed by atoms with Crippen LogP contribution in [0.15, 0.2) is 53.0 Å². The third kappa shape index (κ3) is 2.59. The van der Waals surface area contributed by atoms with Crippen molar-refractivity contribution in [3.05, 3.63) is 58.0 Å². The number of aromatic nitrogens is 1. The first kappa shape index (κ1) is 13.6. The number of nitrogens with two attached hydrogens (primary N) is 1. The number of nitrogen functional groups attached to an aromatic ring is 1. The van der Waals surface area contributed by atoms with Crippen LogP contribution in [0.25, 0.3) is 21.8 Å². The Morgan fingerprint density at radius 1 is 1.05 bits per heavy atom. The van der Waals surface area contributed by atoms with Crippen molar-refractivity contribution in [2.24, 2.45) is 0 Å². The van der Waals surface area contributed by atoms with Gasteiger partial charge in [-0.25, -0.2) is 4.98 Å². The van der Waals surface area contributed by atoms with Crippen LogP contribution in [-0.2, 0) is 0 Å². The second kappa shape index (κ2) is 5.56. The summed E-state index contributed by atoms with van der Waals surface area (Å²) in [6.45, 7) is 0. The van der Waals surface area contributed by atoms with Crippen molar-refractivity contribution >= 4 is 43.9 Å². The number of hydrogen-bond donors (Lipinski definition) is 1. The molecule has 1 aromatic heterocycles. The molecule has 0 aliphatic heterocycles. The topological polar surface area (TPSA) is 38.9 Å². The van der Waals surface area contributed by atoms with Crippen molar-refractivity contribution in [2.75, 3.05) is 5.73 Å². The number of thiazole rings is 1. The minimum atomic E-state index is 0.649. The molecule has 0 aliphatic rings. The SMILES string of the molecule is Nc1sc(-c2ccccc2)nc1-c1ccc(Br)c(Cl)c1. The summed E-state index contributed by atoms with van der Waals surface area (Å²) in [5, 5.41) is 2.26. The summed E-state index contributed by atoms with van der Waals surface area (Å²) in [5.41, 5.74) is 8.87. The van der Waals surface area contributed by atoms with E-state index in [-0.39, 0.29) is 0 Å². The molecule has 0 radical (unpaired) electrons. The predicted octanol–water partition coefficient (Wildman–Crippen LogP) is 5.48. The predicted molar refractivity (Wildman–Crippen MR) is 90.1 cm³/mol. The van der Waals surface area contributed by atoms with E-state index in [1.165, 1.54) is 11.3 Å². The fraction of sp³-hybridized carbons (Fsp3) is 0. The Morgan fingerprint density at radius 2 is 1.80 bits per heavy atom. The molecular weight excluding hydrogens is 356 g/mol. The number of benzene rings is 2. The zero-order valence-corrected chi connectivity index (χ0v) is 13.5. The first-order valence-electron chi connectivity index (χ1n) is 5.92. The van der Waals surface area contributed by atoms with Gasteiger partial charge in [0.05, 0.1) is 5.02 Å². The van der Waals surface area contributed by atoms with E-state index in [1.54, 1.807) is 0 Å². The van der Waals surface area contributed by atoms with E-state index in [2.05, 4.69) is 20.9 Å².